The van der Waals surface area contributed by atoms with E-state index in [2.05, 4.69) is 24.8 Å². The van der Waals surface area contributed by atoms with Gasteiger partial charge in [0.25, 0.3) is 5.91 Å². The predicted octanol–water partition coefficient (Wildman–Crippen LogP) is 1.76. The number of nitrogens with one attached hydrogen (secondary N) is 1. The summed E-state index contributed by atoms with van der Waals surface area (Å²) in [6.45, 7) is 1.90. The molecule has 1 N–H and O–H groups in total. The lowest BCUT2D eigenvalue weighted by molar-refractivity contribution is 0.0925. The van der Waals surface area contributed by atoms with E-state index >= 15 is 0 Å². The first-order valence-corrected chi connectivity index (χ1v) is 7.81. The van der Waals surface area contributed by atoms with Crippen LogP contribution in [-0.2, 0) is 0 Å². The number of carbonyl (C=O) groups excluding carboxylic acids is 1. The Hall–Kier alpha value is -2.70. The molecule has 3 aromatic heterocycles. The zero-order valence-electron chi connectivity index (χ0n) is 12.9. The molecule has 0 radical (unpaired) electrons. The number of nitrogens with zero attached hydrogens (tertiary/aromatic N) is 5. The highest BCUT2D eigenvalue weighted by Crippen LogP contribution is 2.30. The molecule has 1 amide bonds. The molecule has 1 saturated carbocycles. The third-order valence-corrected chi connectivity index (χ3v) is 4.41. The highest BCUT2D eigenvalue weighted by atomic mass is 16.2. The van der Waals surface area contributed by atoms with Crippen molar-refractivity contribution in [3.63, 3.8) is 0 Å². The zero-order valence-corrected chi connectivity index (χ0v) is 12.9. The molecule has 0 unspecified atom stereocenters. The van der Waals surface area contributed by atoms with Gasteiger partial charge in [-0.15, -0.1) is 0 Å². The van der Waals surface area contributed by atoms with Crippen molar-refractivity contribution in [1.29, 1.82) is 0 Å². The Balaban J connectivity index is 1.59. The standard InChI is InChI=1S/C16H18N6O/c1-11-9-21-8-6-18-14(15(21)19-11)16(23)20-12-3-2-4-13(12)22-7-5-17-10-22/h5-10,12-13H,2-4H2,1H3,(H,20,23)/t12-,13+/m1/s1. The maximum absolute atomic E-state index is 12.7. The summed E-state index contributed by atoms with van der Waals surface area (Å²) in [5.74, 6) is -0.168. The minimum absolute atomic E-state index is 0.0924. The van der Waals surface area contributed by atoms with Gasteiger partial charge in [0.2, 0.25) is 0 Å². The number of amides is 1. The molecule has 0 saturated heterocycles. The van der Waals surface area contributed by atoms with Gasteiger partial charge in [0.15, 0.2) is 11.3 Å². The van der Waals surface area contributed by atoms with Gasteiger partial charge >= 0.3 is 0 Å². The molecule has 7 nitrogen and oxygen atoms in total. The van der Waals surface area contributed by atoms with E-state index in [0.29, 0.717) is 11.3 Å². The Labute approximate surface area is 133 Å². The van der Waals surface area contributed by atoms with Crippen molar-refractivity contribution in [2.45, 2.75) is 38.3 Å². The number of imidazole rings is 2. The predicted molar refractivity (Wildman–Crippen MR) is 84.1 cm³/mol. The Morgan fingerprint density at radius 3 is 3.04 bits per heavy atom. The fraction of sp³-hybridized carbons (Fsp3) is 0.375. The van der Waals surface area contributed by atoms with Crippen LogP contribution in [0.15, 0.2) is 37.3 Å². The fourth-order valence-corrected chi connectivity index (χ4v) is 3.37. The van der Waals surface area contributed by atoms with E-state index in [0.717, 1.165) is 25.0 Å². The molecule has 1 fully saturated rings. The van der Waals surface area contributed by atoms with E-state index < -0.39 is 0 Å². The number of carbonyl (C=O) groups is 1. The van der Waals surface area contributed by atoms with E-state index in [1.54, 1.807) is 18.6 Å². The van der Waals surface area contributed by atoms with Crippen LogP contribution in [0.2, 0.25) is 0 Å². The summed E-state index contributed by atoms with van der Waals surface area (Å²) in [7, 11) is 0. The summed E-state index contributed by atoms with van der Waals surface area (Å²) in [5.41, 5.74) is 1.83. The number of rotatable bonds is 3. The van der Waals surface area contributed by atoms with Crippen molar-refractivity contribution in [2.75, 3.05) is 0 Å². The zero-order chi connectivity index (χ0) is 15.8. The first-order chi connectivity index (χ1) is 11.2. The smallest absolute Gasteiger partial charge is 0.274 e. The molecular weight excluding hydrogens is 292 g/mol. The number of hydrogen-bond acceptors (Lipinski definition) is 4. The molecular formula is C16H18N6O. The van der Waals surface area contributed by atoms with Crippen molar-refractivity contribution in [2.24, 2.45) is 0 Å². The van der Waals surface area contributed by atoms with Crippen molar-refractivity contribution in [1.82, 2.24) is 29.2 Å². The average Bonchev–Trinajstić information content (AvgIpc) is 3.25. The van der Waals surface area contributed by atoms with E-state index in [1.165, 1.54) is 0 Å². The molecule has 118 valence electrons. The van der Waals surface area contributed by atoms with E-state index in [1.807, 2.05) is 30.0 Å². The Bertz CT molecular complexity index is 838. The molecule has 4 rings (SSSR count). The lowest BCUT2D eigenvalue weighted by atomic mass is 10.1. The second-order valence-electron chi connectivity index (χ2n) is 5.98. The van der Waals surface area contributed by atoms with E-state index in [9.17, 15) is 4.79 Å². The lowest BCUT2D eigenvalue weighted by Crippen LogP contribution is -2.38. The van der Waals surface area contributed by atoms with Gasteiger partial charge in [-0.2, -0.15) is 0 Å². The minimum Gasteiger partial charge on any atom is -0.346 e. The fourth-order valence-electron chi connectivity index (χ4n) is 3.37. The van der Waals surface area contributed by atoms with Gasteiger partial charge in [-0.05, 0) is 26.2 Å². The van der Waals surface area contributed by atoms with Crippen LogP contribution >= 0.6 is 0 Å². The molecule has 0 aliphatic heterocycles. The molecule has 0 spiro atoms. The highest BCUT2D eigenvalue weighted by molar-refractivity contribution is 5.98. The molecule has 2 atom stereocenters. The van der Waals surface area contributed by atoms with Crippen LogP contribution in [0.4, 0.5) is 0 Å². The third kappa shape index (κ3) is 2.48. The SMILES string of the molecule is Cc1cn2ccnc(C(=O)N[C@@H]3CCC[C@@H]3n3ccnc3)c2n1. The quantitative estimate of drug-likeness (QED) is 0.799. The summed E-state index contributed by atoms with van der Waals surface area (Å²) in [6, 6.07) is 0.345. The monoisotopic (exact) mass is 310 g/mol. The molecule has 7 heteroatoms. The maximum Gasteiger partial charge on any atom is 0.274 e. The van der Waals surface area contributed by atoms with Gasteiger partial charge in [-0.3, -0.25) is 4.79 Å². The van der Waals surface area contributed by atoms with E-state index in [-0.39, 0.29) is 18.0 Å². The third-order valence-electron chi connectivity index (χ3n) is 4.41. The van der Waals surface area contributed by atoms with Crippen molar-refractivity contribution < 1.29 is 4.79 Å². The lowest BCUT2D eigenvalue weighted by Gasteiger charge is -2.22. The first kappa shape index (κ1) is 13.9. The second kappa shape index (κ2) is 5.49. The van der Waals surface area contributed by atoms with Crippen molar-refractivity contribution in [3.8, 4) is 0 Å². The van der Waals surface area contributed by atoms with Crippen LogP contribution < -0.4 is 5.32 Å². The maximum atomic E-state index is 12.7. The first-order valence-electron chi connectivity index (χ1n) is 7.81. The van der Waals surface area contributed by atoms with Crippen LogP contribution in [-0.4, -0.2) is 35.9 Å². The second-order valence-corrected chi connectivity index (χ2v) is 5.98. The van der Waals surface area contributed by atoms with Gasteiger partial charge in [0.1, 0.15) is 0 Å². The minimum atomic E-state index is -0.168. The van der Waals surface area contributed by atoms with Gasteiger partial charge in [-0.25, -0.2) is 15.0 Å². The largest absolute Gasteiger partial charge is 0.346 e. The van der Waals surface area contributed by atoms with Crippen LogP contribution in [0.25, 0.3) is 5.65 Å². The molecule has 3 aromatic rings. The number of hydrogen-bond donors (Lipinski definition) is 1. The summed E-state index contributed by atoms with van der Waals surface area (Å²) < 4.78 is 3.91. The normalized spacial score (nSPS) is 20.9. The molecule has 3 heterocycles. The van der Waals surface area contributed by atoms with Crippen molar-refractivity contribution >= 4 is 11.6 Å². The number of fused-ring (bicyclic) bond motifs is 1. The highest BCUT2D eigenvalue weighted by Gasteiger charge is 2.30. The summed E-state index contributed by atoms with van der Waals surface area (Å²) >= 11 is 0. The molecule has 1 aliphatic rings. The molecule has 23 heavy (non-hydrogen) atoms. The Morgan fingerprint density at radius 1 is 1.30 bits per heavy atom. The van der Waals surface area contributed by atoms with Crippen LogP contribution in [0, 0.1) is 6.92 Å². The van der Waals surface area contributed by atoms with Crippen LogP contribution in [0.1, 0.15) is 41.5 Å². The molecule has 0 bridgehead atoms. The Morgan fingerprint density at radius 2 is 2.22 bits per heavy atom. The van der Waals surface area contributed by atoms with E-state index in [4.69, 9.17) is 0 Å². The van der Waals surface area contributed by atoms with Crippen LogP contribution in [0.5, 0.6) is 0 Å². The van der Waals surface area contributed by atoms with Gasteiger partial charge in [-0.1, -0.05) is 0 Å². The number of aromatic nitrogens is 5. The Kier molecular flexibility index (Phi) is 3.33. The summed E-state index contributed by atoms with van der Waals surface area (Å²) in [5, 5.41) is 3.13. The summed E-state index contributed by atoms with van der Waals surface area (Å²) in [4.78, 5) is 25.4. The van der Waals surface area contributed by atoms with Gasteiger partial charge in [0.05, 0.1) is 18.1 Å². The molecule has 1 aliphatic carbocycles. The molecule has 0 aromatic carbocycles. The van der Waals surface area contributed by atoms with Gasteiger partial charge in [0, 0.05) is 37.0 Å². The number of aryl methyl sites for hydroxylation is 1. The summed E-state index contributed by atoms with van der Waals surface area (Å²) in [6.07, 6.45) is 13.9. The van der Waals surface area contributed by atoms with Crippen molar-refractivity contribution in [3.05, 3.63) is 48.7 Å². The van der Waals surface area contributed by atoms with Crippen LogP contribution in [0.3, 0.4) is 0 Å². The topological polar surface area (TPSA) is 77.1 Å². The van der Waals surface area contributed by atoms with Gasteiger partial charge < -0.3 is 14.3 Å². The average molecular weight is 310 g/mol.